The zero-order chi connectivity index (χ0) is 32.9. The molecule has 0 unspecified atom stereocenters. The summed E-state index contributed by atoms with van der Waals surface area (Å²) in [5.74, 6) is -0.0426. The molecule has 10 nitrogen and oxygen atoms in total. The van der Waals surface area contributed by atoms with E-state index in [-0.39, 0.29) is 23.7 Å². The van der Waals surface area contributed by atoms with Crippen LogP contribution >= 0.6 is 31.9 Å². The molecule has 4 N–H and O–H groups in total. The van der Waals surface area contributed by atoms with Crippen LogP contribution in [0.5, 0.6) is 0 Å². The number of aromatic nitrogens is 2. The van der Waals surface area contributed by atoms with Gasteiger partial charge in [0.2, 0.25) is 5.91 Å². The minimum Gasteiger partial charge on any atom is -0.397 e. The number of carbonyl (C=O) groups excluding carboxylic acids is 2. The van der Waals surface area contributed by atoms with E-state index in [0.29, 0.717) is 57.2 Å². The summed E-state index contributed by atoms with van der Waals surface area (Å²) in [5.41, 5.74) is 9.24. The summed E-state index contributed by atoms with van der Waals surface area (Å²) >= 11 is 7.06. The highest BCUT2D eigenvalue weighted by Gasteiger charge is 2.33. The van der Waals surface area contributed by atoms with Crippen LogP contribution in [0.3, 0.4) is 0 Å². The van der Waals surface area contributed by atoms with Crippen LogP contribution < -0.4 is 16.7 Å². The normalized spacial score (nSPS) is 19.4. The van der Waals surface area contributed by atoms with Gasteiger partial charge in [0.25, 0.3) is 0 Å². The fraction of sp³-hybridized carbons (Fsp3) is 0.514. The Morgan fingerprint density at radius 1 is 0.851 bits per heavy atom. The Labute approximate surface area is 293 Å². The van der Waals surface area contributed by atoms with Gasteiger partial charge in [-0.25, -0.2) is 9.59 Å². The molecule has 1 atom stereocenters. The summed E-state index contributed by atoms with van der Waals surface area (Å²) in [6.07, 6.45) is 10.6. The minimum atomic E-state index is -0.710. The van der Waals surface area contributed by atoms with Crippen molar-refractivity contribution in [3.05, 3.63) is 73.7 Å². The molecule has 6 rings (SSSR count). The Balaban J connectivity index is 1.11. The van der Waals surface area contributed by atoms with Crippen molar-refractivity contribution in [3.63, 3.8) is 0 Å². The van der Waals surface area contributed by atoms with Crippen LogP contribution in [0, 0.1) is 0 Å². The molecule has 3 saturated heterocycles. The number of likely N-dealkylation sites (tertiary alicyclic amines) is 3. The van der Waals surface area contributed by atoms with Gasteiger partial charge in [-0.2, -0.15) is 0 Å². The Kier molecular flexibility index (Phi) is 11.1. The Morgan fingerprint density at radius 2 is 1.45 bits per heavy atom. The van der Waals surface area contributed by atoms with Gasteiger partial charge < -0.3 is 30.7 Å². The van der Waals surface area contributed by atoms with Crippen molar-refractivity contribution >= 4 is 49.5 Å². The summed E-state index contributed by atoms with van der Waals surface area (Å²) in [5, 5.41) is 3.11. The summed E-state index contributed by atoms with van der Waals surface area (Å²) in [6, 6.07) is 13.2. The van der Waals surface area contributed by atoms with Crippen LogP contribution in [0.2, 0.25) is 0 Å². The van der Waals surface area contributed by atoms with Gasteiger partial charge in [0.1, 0.15) is 6.04 Å². The third-order valence-corrected chi connectivity index (χ3v) is 11.4. The number of nitrogens with zero attached hydrogens (tertiary/aromatic N) is 4. The lowest BCUT2D eigenvalue weighted by molar-refractivity contribution is -0.134. The Bertz CT molecular complexity index is 1560. The van der Waals surface area contributed by atoms with E-state index in [2.05, 4.69) is 47.1 Å². The Morgan fingerprint density at radius 3 is 2.09 bits per heavy atom. The van der Waals surface area contributed by atoms with Gasteiger partial charge in [0, 0.05) is 59.8 Å². The van der Waals surface area contributed by atoms with Crippen molar-refractivity contribution < 1.29 is 9.59 Å². The fourth-order valence-electron chi connectivity index (χ4n) is 7.36. The average Bonchev–Trinajstić information content (AvgIpc) is 3.28. The van der Waals surface area contributed by atoms with Crippen molar-refractivity contribution in [2.24, 2.45) is 0 Å². The third kappa shape index (κ3) is 8.14. The summed E-state index contributed by atoms with van der Waals surface area (Å²) in [4.78, 5) is 49.9. The van der Waals surface area contributed by atoms with E-state index in [1.807, 2.05) is 53.6 Å². The number of nitrogens with one attached hydrogen (secondary N) is 2. The highest BCUT2D eigenvalue weighted by molar-refractivity contribution is 9.11. The number of urea groups is 1. The number of nitrogen functional groups attached to an aromatic ring is 1. The average molecular weight is 772 g/mol. The zero-order valence-corrected chi connectivity index (χ0v) is 30.0. The van der Waals surface area contributed by atoms with Gasteiger partial charge in [-0.05, 0) is 107 Å². The van der Waals surface area contributed by atoms with E-state index in [4.69, 9.17) is 5.73 Å². The first kappa shape index (κ1) is 33.8. The van der Waals surface area contributed by atoms with Crippen LogP contribution in [0.4, 0.5) is 10.5 Å². The molecule has 2 aromatic carbocycles. The predicted octanol–water partition coefficient (Wildman–Crippen LogP) is 5.78. The second-order valence-corrected chi connectivity index (χ2v) is 14.9. The number of benzene rings is 2. The first-order chi connectivity index (χ1) is 22.8. The Hall–Kier alpha value is -3.09. The van der Waals surface area contributed by atoms with E-state index in [0.717, 1.165) is 51.7 Å². The number of piperidine rings is 2. The van der Waals surface area contributed by atoms with Gasteiger partial charge in [-0.3, -0.25) is 9.36 Å². The first-order valence-electron chi connectivity index (χ1n) is 16.9. The van der Waals surface area contributed by atoms with Crippen molar-refractivity contribution in [2.45, 2.75) is 75.9 Å². The molecule has 12 heteroatoms. The zero-order valence-electron chi connectivity index (χ0n) is 26.8. The molecule has 0 bridgehead atoms. The molecule has 0 spiro atoms. The van der Waals surface area contributed by atoms with Crippen LogP contribution in [0.15, 0.2) is 62.4 Å². The van der Waals surface area contributed by atoms with Crippen molar-refractivity contribution in [1.82, 2.24) is 29.6 Å². The van der Waals surface area contributed by atoms with E-state index < -0.39 is 6.04 Å². The van der Waals surface area contributed by atoms with Crippen LogP contribution in [0.25, 0.3) is 11.3 Å². The molecule has 3 aliphatic rings. The molecular weight excluding hydrogens is 726 g/mol. The van der Waals surface area contributed by atoms with Crippen LogP contribution in [0.1, 0.15) is 63.0 Å². The minimum absolute atomic E-state index is 0.00679. The molecule has 1 aromatic heterocycles. The highest BCUT2D eigenvalue weighted by Crippen LogP contribution is 2.31. The van der Waals surface area contributed by atoms with E-state index >= 15 is 0 Å². The lowest BCUT2D eigenvalue weighted by Gasteiger charge is -2.39. The second-order valence-electron chi connectivity index (χ2n) is 13.2. The van der Waals surface area contributed by atoms with E-state index in [9.17, 15) is 14.4 Å². The van der Waals surface area contributed by atoms with Crippen molar-refractivity contribution in [2.75, 3.05) is 45.0 Å². The molecule has 4 heterocycles. The van der Waals surface area contributed by atoms with Crippen molar-refractivity contribution in [1.29, 1.82) is 0 Å². The number of hydrogen-bond donors (Lipinski definition) is 3. The molecule has 3 aliphatic heterocycles. The quantitative estimate of drug-likeness (QED) is 0.264. The third-order valence-electron chi connectivity index (χ3n) is 10.1. The fourth-order valence-corrected chi connectivity index (χ4v) is 8.64. The molecule has 0 saturated carbocycles. The van der Waals surface area contributed by atoms with Gasteiger partial charge >= 0.3 is 11.7 Å². The van der Waals surface area contributed by atoms with Gasteiger partial charge in [0.15, 0.2) is 0 Å². The predicted molar refractivity (Wildman–Crippen MR) is 192 cm³/mol. The smallest absolute Gasteiger partial charge is 0.326 e. The van der Waals surface area contributed by atoms with Gasteiger partial charge in [0.05, 0.1) is 11.4 Å². The molecule has 3 aromatic rings. The largest absolute Gasteiger partial charge is 0.397 e. The summed E-state index contributed by atoms with van der Waals surface area (Å²) < 4.78 is 3.25. The number of rotatable bonds is 7. The maximum absolute atomic E-state index is 14.1. The number of hydrogen-bond acceptors (Lipinski definition) is 5. The lowest BCUT2D eigenvalue weighted by Crippen LogP contribution is -2.56. The lowest BCUT2D eigenvalue weighted by atomic mass is 9.99. The van der Waals surface area contributed by atoms with Gasteiger partial charge in [-0.1, -0.05) is 43.2 Å². The summed E-state index contributed by atoms with van der Waals surface area (Å²) in [7, 11) is 0. The second kappa shape index (κ2) is 15.4. The number of halogens is 2. The van der Waals surface area contributed by atoms with Crippen LogP contribution in [-0.2, 0) is 11.2 Å². The number of imidazole rings is 1. The van der Waals surface area contributed by atoms with Crippen molar-refractivity contribution in [3.8, 4) is 11.3 Å². The topological polar surface area (TPSA) is 120 Å². The molecule has 0 radical (unpaired) electrons. The number of amides is 3. The number of H-pyrrole nitrogens is 1. The number of carbonyl (C=O) groups is 2. The molecule has 252 valence electrons. The standard InChI is InChI=1S/C35H45Br2N7O3/c36-28-20-24(21-29(37)32(28)38)22-30(33(45)42-16-10-26(11-17-42)41-14-6-1-2-7-15-41)39-34(46)43-18-12-27(13-19-43)44-23-31(40-35(44)47)25-8-4-3-5-9-25/h3-5,8-9,20-21,23,26-27,30H,1-2,6-7,10-19,22,38H2,(H,39,46)(H,40,47)/t30-/m1/s1. The van der Waals surface area contributed by atoms with Crippen LogP contribution in [-0.4, -0.2) is 87.5 Å². The van der Waals surface area contributed by atoms with Gasteiger partial charge in [-0.15, -0.1) is 0 Å². The molecule has 3 amide bonds. The molecular formula is C35H45Br2N7O3. The monoisotopic (exact) mass is 769 g/mol. The molecule has 47 heavy (non-hydrogen) atoms. The summed E-state index contributed by atoms with van der Waals surface area (Å²) in [6.45, 7) is 4.70. The number of aromatic amines is 1. The maximum Gasteiger partial charge on any atom is 0.326 e. The highest BCUT2D eigenvalue weighted by atomic mass is 79.9. The SMILES string of the molecule is Nc1c(Br)cc(C[C@@H](NC(=O)N2CCC(n3cc(-c4ccccc4)[nH]c3=O)CC2)C(=O)N2CCC(N3CCCCCC3)CC2)cc1Br. The number of nitrogens with two attached hydrogens (primary N) is 1. The number of anilines is 1. The first-order valence-corrected chi connectivity index (χ1v) is 18.5. The maximum atomic E-state index is 14.1. The van der Waals surface area contributed by atoms with E-state index in [1.54, 1.807) is 9.47 Å². The molecule has 0 aliphatic carbocycles. The van der Waals surface area contributed by atoms with E-state index in [1.165, 1.54) is 25.7 Å². The molecule has 3 fully saturated rings.